The number of rotatable bonds is 5. The van der Waals surface area contributed by atoms with Crippen molar-refractivity contribution in [2.24, 2.45) is 0 Å². The lowest BCUT2D eigenvalue weighted by Gasteiger charge is -2.37. The summed E-state index contributed by atoms with van der Waals surface area (Å²) < 4.78 is 5.63. The van der Waals surface area contributed by atoms with Gasteiger partial charge in [0.1, 0.15) is 0 Å². The third-order valence-corrected chi connectivity index (χ3v) is 3.13. The Morgan fingerprint density at radius 1 is 1.36 bits per heavy atom. The summed E-state index contributed by atoms with van der Waals surface area (Å²) in [5.41, 5.74) is -0.423. The molecule has 2 atom stereocenters. The SMILES string of the molecule is CCCCC1(O)CCOC(CCC)C1. The molecule has 1 saturated heterocycles. The molecule has 2 unspecified atom stereocenters. The molecule has 1 aliphatic rings. The molecule has 0 saturated carbocycles. The van der Waals surface area contributed by atoms with Crippen molar-refractivity contribution in [3.05, 3.63) is 0 Å². The van der Waals surface area contributed by atoms with Crippen molar-refractivity contribution >= 4 is 0 Å². The van der Waals surface area contributed by atoms with Crippen LogP contribution in [0.2, 0.25) is 0 Å². The molecule has 0 aromatic carbocycles. The van der Waals surface area contributed by atoms with Gasteiger partial charge in [-0.1, -0.05) is 33.1 Å². The van der Waals surface area contributed by atoms with E-state index in [2.05, 4.69) is 13.8 Å². The molecule has 0 aromatic rings. The average Bonchev–Trinajstić information content (AvgIpc) is 2.16. The molecule has 0 amide bonds. The Morgan fingerprint density at radius 2 is 2.14 bits per heavy atom. The Hall–Kier alpha value is -0.0800. The van der Waals surface area contributed by atoms with Crippen molar-refractivity contribution < 1.29 is 9.84 Å². The Labute approximate surface area is 87.7 Å². The van der Waals surface area contributed by atoms with Crippen LogP contribution in [0.15, 0.2) is 0 Å². The highest BCUT2D eigenvalue weighted by molar-refractivity contribution is 4.85. The molecular formula is C12H24O2. The lowest BCUT2D eigenvalue weighted by atomic mass is 9.85. The first-order valence-electron chi connectivity index (χ1n) is 6.04. The number of ether oxygens (including phenoxy) is 1. The van der Waals surface area contributed by atoms with Crippen LogP contribution >= 0.6 is 0 Å². The molecule has 1 fully saturated rings. The largest absolute Gasteiger partial charge is 0.390 e. The quantitative estimate of drug-likeness (QED) is 0.739. The fraction of sp³-hybridized carbons (Fsp3) is 1.00. The van der Waals surface area contributed by atoms with Gasteiger partial charge in [-0.05, 0) is 19.3 Å². The zero-order valence-electron chi connectivity index (χ0n) is 9.59. The number of hydrogen-bond donors (Lipinski definition) is 1. The molecule has 1 heterocycles. The summed E-state index contributed by atoms with van der Waals surface area (Å²) in [4.78, 5) is 0. The highest BCUT2D eigenvalue weighted by atomic mass is 16.5. The molecule has 2 heteroatoms. The van der Waals surface area contributed by atoms with E-state index < -0.39 is 5.60 Å². The zero-order chi connectivity index (χ0) is 10.4. The van der Waals surface area contributed by atoms with Gasteiger partial charge in [0.2, 0.25) is 0 Å². The van der Waals surface area contributed by atoms with Crippen molar-refractivity contribution in [1.29, 1.82) is 0 Å². The van der Waals surface area contributed by atoms with Gasteiger partial charge in [0, 0.05) is 13.0 Å². The van der Waals surface area contributed by atoms with E-state index in [0.717, 1.165) is 45.1 Å². The maximum atomic E-state index is 10.3. The van der Waals surface area contributed by atoms with Crippen LogP contribution in [-0.2, 0) is 4.74 Å². The van der Waals surface area contributed by atoms with Gasteiger partial charge < -0.3 is 9.84 Å². The second-order valence-electron chi connectivity index (χ2n) is 4.56. The Morgan fingerprint density at radius 3 is 2.79 bits per heavy atom. The summed E-state index contributed by atoms with van der Waals surface area (Å²) in [5, 5.41) is 10.3. The molecule has 0 aliphatic carbocycles. The Balaban J connectivity index is 2.36. The molecule has 1 rings (SSSR count). The van der Waals surface area contributed by atoms with Gasteiger partial charge in [-0.15, -0.1) is 0 Å². The molecule has 1 aliphatic heterocycles. The van der Waals surface area contributed by atoms with Crippen LogP contribution < -0.4 is 0 Å². The van der Waals surface area contributed by atoms with Gasteiger partial charge >= 0.3 is 0 Å². The number of aliphatic hydroxyl groups is 1. The summed E-state index contributed by atoms with van der Waals surface area (Å²) in [6, 6.07) is 0. The van der Waals surface area contributed by atoms with Gasteiger partial charge in [-0.2, -0.15) is 0 Å². The van der Waals surface area contributed by atoms with Crippen LogP contribution in [0.25, 0.3) is 0 Å². The van der Waals surface area contributed by atoms with E-state index in [-0.39, 0.29) is 0 Å². The molecule has 1 N–H and O–H groups in total. The van der Waals surface area contributed by atoms with Crippen molar-refractivity contribution in [2.45, 2.75) is 70.5 Å². The lowest BCUT2D eigenvalue weighted by molar-refractivity contribution is -0.109. The zero-order valence-corrected chi connectivity index (χ0v) is 9.59. The summed E-state index contributed by atoms with van der Waals surface area (Å²) in [7, 11) is 0. The average molecular weight is 200 g/mol. The monoisotopic (exact) mass is 200 g/mol. The second-order valence-corrected chi connectivity index (χ2v) is 4.56. The van der Waals surface area contributed by atoms with Crippen molar-refractivity contribution in [3.63, 3.8) is 0 Å². The number of unbranched alkanes of at least 4 members (excludes halogenated alkanes) is 1. The Kier molecular flexibility index (Phi) is 4.90. The maximum absolute atomic E-state index is 10.3. The minimum absolute atomic E-state index is 0.301. The van der Waals surface area contributed by atoms with Crippen molar-refractivity contribution in [2.75, 3.05) is 6.61 Å². The van der Waals surface area contributed by atoms with Gasteiger partial charge in [0.15, 0.2) is 0 Å². The predicted octanol–water partition coefficient (Wildman–Crippen LogP) is 2.89. The number of hydrogen-bond acceptors (Lipinski definition) is 2. The first-order valence-corrected chi connectivity index (χ1v) is 6.04. The van der Waals surface area contributed by atoms with Gasteiger partial charge in [0.25, 0.3) is 0 Å². The van der Waals surface area contributed by atoms with E-state index >= 15 is 0 Å². The first kappa shape index (κ1) is 12.0. The van der Waals surface area contributed by atoms with Crippen LogP contribution in [0.5, 0.6) is 0 Å². The van der Waals surface area contributed by atoms with Crippen LogP contribution in [0.3, 0.4) is 0 Å². The normalized spacial score (nSPS) is 33.2. The molecule has 84 valence electrons. The molecular weight excluding hydrogens is 176 g/mol. The van der Waals surface area contributed by atoms with E-state index in [1.807, 2.05) is 0 Å². The van der Waals surface area contributed by atoms with Gasteiger partial charge in [-0.3, -0.25) is 0 Å². The highest BCUT2D eigenvalue weighted by Crippen LogP contribution is 2.31. The standard InChI is InChI=1S/C12H24O2/c1-3-5-7-12(13)8-9-14-11(10-12)6-4-2/h11,13H,3-10H2,1-2H3. The minimum Gasteiger partial charge on any atom is -0.390 e. The lowest BCUT2D eigenvalue weighted by Crippen LogP contribution is -2.40. The smallest absolute Gasteiger partial charge is 0.0694 e. The van der Waals surface area contributed by atoms with E-state index in [4.69, 9.17) is 4.74 Å². The fourth-order valence-corrected chi connectivity index (χ4v) is 2.24. The van der Waals surface area contributed by atoms with Crippen LogP contribution in [-0.4, -0.2) is 23.4 Å². The van der Waals surface area contributed by atoms with E-state index in [9.17, 15) is 5.11 Å². The second kappa shape index (κ2) is 5.72. The van der Waals surface area contributed by atoms with Gasteiger partial charge in [-0.25, -0.2) is 0 Å². The van der Waals surface area contributed by atoms with Crippen molar-refractivity contribution in [3.8, 4) is 0 Å². The molecule has 0 bridgehead atoms. The molecule has 14 heavy (non-hydrogen) atoms. The van der Waals surface area contributed by atoms with E-state index in [1.165, 1.54) is 6.42 Å². The minimum atomic E-state index is -0.423. The Bertz CT molecular complexity index is 156. The predicted molar refractivity (Wildman–Crippen MR) is 58.4 cm³/mol. The highest BCUT2D eigenvalue weighted by Gasteiger charge is 2.33. The summed E-state index contributed by atoms with van der Waals surface area (Å²) >= 11 is 0. The summed E-state index contributed by atoms with van der Waals surface area (Å²) in [5.74, 6) is 0. The third kappa shape index (κ3) is 3.58. The molecule has 0 aromatic heterocycles. The first-order chi connectivity index (χ1) is 6.70. The topological polar surface area (TPSA) is 29.5 Å². The summed E-state index contributed by atoms with van der Waals surface area (Å²) in [6.07, 6.45) is 7.47. The molecule has 0 radical (unpaired) electrons. The van der Waals surface area contributed by atoms with E-state index in [0.29, 0.717) is 6.10 Å². The van der Waals surface area contributed by atoms with Crippen molar-refractivity contribution in [1.82, 2.24) is 0 Å². The van der Waals surface area contributed by atoms with Gasteiger partial charge in [0.05, 0.1) is 11.7 Å². The maximum Gasteiger partial charge on any atom is 0.0694 e. The molecule has 2 nitrogen and oxygen atoms in total. The van der Waals surface area contributed by atoms with Crippen LogP contribution in [0.4, 0.5) is 0 Å². The van der Waals surface area contributed by atoms with E-state index in [1.54, 1.807) is 0 Å². The fourth-order valence-electron chi connectivity index (χ4n) is 2.24. The van der Waals surface area contributed by atoms with Crippen LogP contribution in [0.1, 0.15) is 58.8 Å². The van der Waals surface area contributed by atoms with Crippen LogP contribution in [0, 0.1) is 0 Å². The molecule has 0 spiro atoms. The third-order valence-electron chi connectivity index (χ3n) is 3.13. The summed E-state index contributed by atoms with van der Waals surface area (Å²) in [6.45, 7) is 5.08.